The lowest BCUT2D eigenvalue weighted by molar-refractivity contribution is -0.116. The molecule has 1 N–H and O–H groups in total. The Morgan fingerprint density at radius 1 is 1.18 bits per heavy atom. The van der Waals surface area contributed by atoms with Crippen molar-refractivity contribution in [1.29, 1.82) is 0 Å². The van der Waals surface area contributed by atoms with E-state index in [2.05, 4.69) is 15.0 Å². The van der Waals surface area contributed by atoms with Gasteiger partial charge in [-0.25, -0.2) is 9.78 Å². The molecule has 0 aliphatic carbocycles. The molecule has 0 fully saturated rings. The van der Waals surface area contributed by atoms with Crippen molar-refractivity contribution >= 4 is 29.2 Å². The summed E-state index contributed by atoms with van der Waals surface area (Å²) >= 11 is 6.09. The molecule has 0 bridgehead atoms. The number of nitrogens with one attached hydrogen (secondary N) is 1. The summed E-state index contributed by atoms with van der Waals surface area (Å²) in [6.45, 7) is 2.02. The van der Waals surface area contributed by atoms with Crippen molar-refractivity contribution in [1.82, 2.24) is 4.98 Å². The summed E-state index contributed by atoms with van der Waals surface area (Å²) in [5, 5.41) is 3.03. The summed E-state index contributed by atoms with van der Waals surface area (Å²) in [7, 11) is 1.29. The maximum Gasteiger partial charge on any atom is 0.337 e. The minimum Gasteiger partial charge on any atom is -0.465 e. The average Bonchev–Trinajstić information content (AvgIpc) is 3.17. The van der Waals surface area contributed by atoms with E-state index in [1.54, 1.807) is 6.20 Å². The number of amides is 1. The van der Waals surface area contributed by atoms with Crippen LogP contribution in [-0.4, -0.2) is 24.0 Å². The summed E-state index contributed by atoms with van der Waals surface area (Å²) < 4.78 is 10.4. The molecule has 0 unspecified atom stereocenters. The van der Waals surface area contributed by atoms with Gasteiger partial charge in [-0.1, -0.05) is 41.4 Å². The third kappa shape index (κ3) is 4.78. The Labute approximate surface area is 167 Å². The van der Waals surface area contributed by atoms with E-state index in [-0.39, 0.29) is 12.3 Å². The number of benzene rings is 2. The molecule has 0 saturated carbocycles. The van der Waals surface area contributed by atoms with Gasteiger partial charge < -0.3 is 14.5 Å². The molecule has 0 spiro atoms. The summed E-state index contributed by atoms with van der Waals surface area (Å²) in [4.78, 5) is 28.1. The zero-order chi connectivity index (χ0) is 20.1. The van der Waals surface area contributed by atoms with Gasteiger partial charge in [0.1, 0.15) is 0 Å². The van der Waals surface area contributed by atoms with Crippen molar-refractivity contribution in [2.24, 2.45) is 0 Å². The fourth-order valence-corrected chi connectivity index (χ4v) is 2.74. The molecule has 1 amide bonds. The number of methoxy groups -OCH3 is 1. The van der Waals surface area contributed by atoms with Gasteiger partial charge in [-0.05, 0) is 25.1 Å². The Hall–Kier alpha value is -3.12. The molecule has 7 heteroatoms. The fourth-order valence-electron chi connectivity index (χ4n) is 2.58. The van der Waals surface area contributed by atoms with Crippen LogP contribution in [0.4, 0.5) is 5.69 Å². The van der Waals surface area contributed by atoms with Gasteiger partial charge in [0.2, 0.25) is 5.91 Å². The van der Waals surface area contributed by atoms with Crippen LogP contribution in [0.25, 0.3) is 11.3 Å². The van der Waals surface area contributed by atoms with Crippen LogP contribution in [0.1, 0.15) is 28.2 Å². The van der Waals surface area contributed by atoms with Gasteiger partial charge in [0.05, 0.1) is 29.6 Å². The molecule has 6 nitrogen and oxygen atoms in total. The molecule has 0 atom stereocenters. The maximum atomic E-state index is 12.2. The number of esters is 1. The summed E-state index contributed by atoms with van der Waals surface area (Å²) in [6, 6.07) is 12.5. The minimum absolute atomic E-state index is 0.159. The number of aryl methyl sites for hydroxylation is 2. The van der Waals surface area contributed by atoms with Crippen molar-refractivity contribution in [3.63, 3.8) is 0 Å². The number of hydrogen-bond acceptors (Lipinski definition) is 5. The molecule has 1 aromatic heterocycles. The SMILES string of the molecule is COC(=O)c1ccc(Cl)c(NC(=O)CCc2ncc(-c3ccc(C)cc3)o2)c1. The highest BCUT2D eigenvalue weighted by Gasteiger charge is 2.13. The molecule has 0 radical (unpaired) electrons. The monoisotopic (exact) mass is 398 g/mol. The van der Waals surface area contributed by atoms with Gasteiger partial charge in [-0.2, -0.15) is 0 Å². The first-order valence-electron chi connectivity index (χ1n) is 8.65. The standard InChI is InChI=1S/C21H19ClN2O4/c1-13-3-5-14(6-4-13)18-12-23-20(28-18)10-9-19(25)24-17-11-15(21(26)27-2)7-8-16(17)22/h3-8,11-12H,9-10H2,1-2H3,(H,24,25). The van der Waals surface area contributed by atoms with Gasteiger partial charge in [0.25, 0.3) is 0 Å². The highest BCUT2D eigenvalue weighted by Crippen LogP contribution is 2.24. The number of carbonyl (C=O) groups excluding carboxylic acids is 2. The number of rotatable bonds is 6. The Morgan fingerprint density at radius 3 is 2.64 bits per heavy atom. The number of ether oxygens (including phenoxy) is 1. The first kappa shape index (κ1) is 19.6. The van der Waals surface area contributed by atoms with Crippen molar-refractivity contribution in [2.75, 3.05) is 12.4 Å². The van der Waals surface area contributed by atoms with Crippen LogP contribution < -0.4 is 5.32 Å². The largest absolute Gasteiger partial charge is 0.465 e. The van der Waals surface area contributed by atoms with Crippen molar-refractivity contribution < 1.29 is 18.7 Å². The summed E-state index contributed by atoms with van der Waals surface area (Å²) in [5.74, 6) is 0.360. The average molecular weight is 399 g/mol. The van der Waals surface area contributed by atoms with E-state index in [1.807, 2.05) is 31.2 Å². The van der Waals surface area contributed by atoms with E-state index in [9.17, 15) is 9.59 Å². The number of nitrogens with zero attached hydrogens (tertiary/aromatic N) is 1. The first-order valence-corrected chi connectivity index (χ1v) is 9.03. The summed E-state index contributed by atoms with van der Waals surface area (Å²) in [5.41, 5.74) is 2.75. The zero-order valence-corrected chi connectivity index (χ0v) is 16.2. The lowest BCUT2D eigenvalue weighted by atomic mass is 10.1. The second-order valence-corrected chi connectivity index (χ2v) is 6.63. The Kier molecular flexibility index (Phi) is 6.11. The van der Waals surface area contributed by atoms with Crippen molar-refractivity contribution in [3.05, 3.63) is 70.7 Å². The third-order valence-electron chi connectivity index (χ3n) is 4.12. The van der Waals surface area contributed by atoms with E-state index in [0.29, 0.717) is 34.3 Å². The molecule has 3 rings (SSSR count). The zero-order valence-electron chi connectivity index (χ0n) is 15.5. The van der Waals surface area contributed by atoms with E-state index in [0.717, 1.165) is 11.1 Å². The molecular formula is C21H19ClN2O4. The fraction of sp³-hybridized carbons (Fsp3) is 0.190. The van der Waals surface area contributed by atoms with Gasteiger partial charge in [0, 0.05) is 18.4 Å². The quantitative estimate of drug-likeness (QED) is 0.610. The number of aromatic nitrogens is 1. The molecule has 0 aliphatic rings. The number of oxazole rings is 1. The van der Waals surface area contributed by atoms with E-state index >= 15 is 0 Å². The van der Waals surface area contributed by atoms with Crippen LogP contribution in [0.15, 0.2) is 53.1 Å². The topological polar surface area (TPSA) is 81.4 Å². The van der Waals surface area contributed by atoms with Gasteiger partial charge in [0.15, 0.2) is 11.7 Å². The van der Waals surface area contributed by atoms with Crippen LogP contribution in [0.3, 0.4) is 0 Å². The Balaban J connectivity index is 1.61. The predicted octanol–water partition coefficient (Wildman–Crippen LogP) is 4.66. The van der Waals surface area contributed by atoms with Gasteiger partial charge in [-0.15, -0.1) is 0 Å². The molecule has 144 valence electrons. The van der Waals surface area contributed by atoms with E-state index in [4.69, 9.17) is 16.0 Å². The number of carbonyl (C=O) groups is 2. The predicted molar refractivity (Wildman–Crippen MR) is 106 cm³/mol. The van der Waals surface area contributed by atoms with Gasteiger partial charge >= 0.3 is 5.97 Å². The van der Waals surface area contributed by atoms with Crippen LogP contribution in [0.2, 0.25) is 5.02 Å². The Bertz CT molecular complexity index is 996. The normalized spacial score (nSPS) is 10.5. The molecule has 0 saturated heterocycles. The number of hydrogen-bond donors (Lipinski definition) is 1. The molecule has 2 aromatic carbocycles. The van der Waals surface area contributed by atoms with Crippen molar-refractivity contribution in [2.45, 2.75) is 19.8 Å². The number of anilines is 1. The van der Waals surface area contributed by atoms with Crippen LogP contribution in [-0.2, 0) is 16.0 Å². The molecule has 0 aliphatic heterocycles. The first-order chi connectivity index (χ1) is 13.5. The van der Waals surface area contributed by atoms with E-state index < -0.39 is 5.97 Å². The minimum atomic E-state index is -0.504. The molecule has 1 heterocycles. The van der Waals surface area contributed by atoms with Crippen LogP contribution in [0.5, 0.6) is 0 Å². The van der Waals surface area contributed by atoms with E-state index in [1.165, 1.54) is 25.3 Å². The maximum absolute atomic E-state index is 12.2. The number of halogens is 1. The highest BCUT2D eigenvalue weighted by atomic mass is 35.5. The lowest BCUT2D eigenvalue weighted by Gasteiger charge is -2.08. The second kappa shape index (κ2) is 8.71. The van der Waals surface area contributed by atoms with Crippen molar-refractivity contribution in [3.8, 4) is 11.3 Å². The Morgan fingerprint density at radius 2 is 1.93 bits per heavy atom. The molecule has 28 heavy (non-hydrogen) atoms. The lowest BCUT2D eigenvalue weighted by Crippen LogP contribution is -2.13. The van der Waals surface area contributed by atoms with Gasteiger partial charge in [-0.3, -0.25) is 4.79 Å². The third-order valence-corrected chi connectivity index (χ3v) is 4.45. The molecular weight excluding hydrogens is 380 g/mol. The van der Waals surface area contributed by atoms with Crippen LogP contribution >= 0.6 is 11.6 Å². The molecule has 3 aromatic rings. The van der Waals surface area contributed by atoms with Crippen LogP contribution in [0, 0.1) is 6.92 Å². The second-order valence-electron chi connectivity index (χ2n) is 6.22. The smallest absolute Gasteiger partial charge is 0.337 e. The highest BCUT2D eigenvalue weighted by molar-refractivity contribution is 6.33. The summed E-state index contributed by atoms with van der Waals surface area (Å²) in [6.07, 6.45) is 2.15.